The first-order valence-corrected chi connectivity index (χ1v) is 4.24. The van der Waals surface area contributed by atoms with E-state index in [1.165, 1.54) is 0 Å². The summed E-state index contributed by atoms with van der Waals surface area (Å²) in [5.74, 6) is -0.176. The number of hydrogen-bond acceptors (Lipinski definition) is 4. The second kappa shape index (κ2) is 7.06. The molecule has 0 heterocycles. The third-order valence-electron chi connectivity index (χ3n) is 1.30. The number of aliphatic hydroxyl groups excluding tert-OH is 1. The van der Waals surface area contributed by atoms with Crippen molar-refractivity contribution in [1.82, 2.24) is 5.32 Å². The van der Waals surface area contributed by atoms with Gasteiger partial charge in [-0.1, -0.05) is 0 Å². The van der Waals surface area contributed by atoms with E-state index in [1.54, 1.807) is 13.8 Å². The van der Waals surface area contributed by atoms with Gasteiger partial charge >= 0.3 is 5.97 Å². The second-order valence-corrected chi connectivity index (χ2v) is 2.54. The van der Waals surface area contributed by atoms with Crippen molar-refractivity contribution in [3.8, 4) is 0 Å². The van der Waals surface area contributed by atoms with Crippen molar-refractivity contribution in [3.05, 3.63) is 0 Å². The van der Waals surface area contributed by atoms with Crippen LogP contribution in [-0.4, -0.2) is 30.5 Å². The highest BCUT2D eigenvalue weighted by molar-refractivity contribution is 5.69. The molecule has 4 heteroatoms. The third kappa shape index (κ3) is 7.50. The van der Waals surface area contributed by atoms with Gasteiger partial charge in [0.25, 0.3) is 0 Å². The molecule has 0 bridgehead atoms. The standard InChI is InChI=1S/C8H17NO3/c1-3-12-8(11)5-4-6-9-7(2)10/h7,9-10H,3-6H2,1-2H3/t7-/m1/s1. The second-order valence-electron chi connectivity index (χ2n) is 2.54. The molecule has 0 aliphatic carbocycles. The predicted octanol–water partition coefficient (Wildman–Crippen LogP) is 0.258. The molecule has 0 saturated carbocycles. The number of aliphatic hydroxyl groups is 1. The van der Waals surface area contributed by atoms with E-state index in [-0.39, 0.29) is 5.97 Å². The van der Waals surface area contributed by atoms with E-state index < -0.39 is 6.23 Å². The van der Waals surface area contributed by atoms with Crippen LogP contribution in [0.3, 0.4) is 0 Å². The van der Waals surface area contributed by atoms with Gasteiger partial charge in [-0.05, 0) is 26.8 Å². The Kier molecular flexibility index (Phi) is 6.70. The average molecular weight is 175 g/mol. The van der Waals surface area contributed by atoms with Crippen LogP contribution in [0.1, 0.15) is 26.7 Å². The molecule has 0 unspecified atom stereocenters. The van der Waals surface area contributed by atoms with Crippen LogP contribution >= 0.6 is 0 Å². The molecule has 0 radical (unpaired) electrons. The van der Waals surface area contributed by atoms with Crippen molar-refractivity contribution in [2.45, 2.75) is 32.9 Å². The summed E-state index contributed by atoms with van der Waals surface area (Å²) in [6, 6.07) is 0. The fraction of sp³-hybridized carbons (Fsp3) is 0.875. The normalized spacial score (nSPS) is 12.6. The summed E-state index contributed by atoms with van der Waals surface area (Å²) in [6.45, 7) is 4.50. The number of carbonyl (C=O) groups is 1. The molecule has 2 N–H and O–H groups in total. The van der Waals surface area contributed by atoms with E-state index in [0.717, 1.165) is 0 Å². The highest BCUT2D eigenvalue weighted by atomic mass is 16.5. The van der Waals surface area contributed by atoms with Gasteiger partial charge in [-0.3, -0.25) is 10.1 Å². The predicted molar refractivity (Wildman–Crippen MR) is 45.6 cm³/mol. The fourth-order valence-corrected chi connectivity index (χ4v) is 0.777. The van der Waals surface area contributed by atoms with Crippen molar-refractivity contribution in [3.63, 3.8) is 0 Å². The first-order valence-electron chi connectivity index (χ1n) is 4.24. The monoisotopic (exact) mass is 175 g/mol. The largest absolute Gasteiger partial charge is 0.466 e. The van der Waals surface area contributed by atoms with Crippen molar-refractivity contribution >= 4 is 5.97 Å². The molecule has 0 aromatic rings. The van der Waals surface area contributed by atoms with Crippen LogP contribution in [0.15, 0.2) is 0 Å². The molecule has 0 saturated heterocycles. The smallest absolute Gasteiger partial charge is 0.305 e. The van der Waals surface area contributed by atoms with Crippen molar-refractivity contribution < 1.29 is 14.6 Å². The minimum absolute atomic E-state index is 0.176. The highest BCUT2D eigenvalue weighted by Gasteiger charge is 2.00. The van der Waals surface area contributed by atoms with Gasteiger partial charge in [0.1, 0.15) is 6.23 Å². The van der Waals surface area contributed by atoms with Gasteiger partial charge in [-0.15, -0.1) is 0 Å². The van der Waals surface area contributed by atoms with Crippen LogP contribution in [0.5, 0.6) is 0 Å². The summed E-state index contributed by atoms with van der Waals surface area (Å²) in [5.41, 5.74) is 0. The minimum Gasteiger partial charge on any atom is -0.466 e. The van der Waals surface area contributed by atoms with Gasteiger partial charge in [0.2, 0.25) is 0 Å². The van der Waals surface area contributed by atoms with Gasteiger partial charge < -0.3 is 9.84 Å². The van der Waals surface area contributed by atoms with Gasteiger partial charge in [-0.25, -0.2) is 0 Å². The van der Waals surface area contributed by atoms with E-state index in [9.17, 15) is 4.79 Å². The lowest BCUT2D eigenvalue weighted by Crippen LogP contribution is -2.26. The molecule has 0 spiro atoms. The Hall–Kier alpha value is -0.610. The zero-order chi connectivity index (χ0) is 9.40. The van der Waals surface area contributed by atoms with Crippen molar-refractivity contribution in [2.24, 2.45) is 0 Å². The molecular formula is C8H17NO3. The molecule has 0 rings (SSSR count). The lowest BCUT2D eigenvalue weighted by molar-refractivity contribution is -0.143. The summed E-state index contributed by atoms with van der Waals surface area (Å²) in [5, 5.41) is 11.6. The third-order valence-corrected chi connectivity index (χ3v) is 1.30. The molecule has 4 nitrogen and oxygen atoms in total. The summed E-state index contributed by atoms with van der Waals surface area (Å²) < 4.78 is 4.72. The van der Waals surface area contributed by atoms with Crippen LogP contribution in [-0.2, 0) is 9.53 Å². The maximum Gasteiger partial charge on any atom is 0.305 e. The van der Waals surface area contributed by atoms with Crippen LogP contribution in [0, 0.1) is 0 Å². The lowest BCUT2D eigenvalue weighted by atomic mass is 10.3. The van der Waals surface area contributed by atoms with Gasteiger partial charge in [0.05, 0.1) is 6.61 Å². The van der Waals surface area contributed by atoms with E-state index in [4.69, 9.17) is 9.84 Å². The van der Waals surface area contributed by atoms with Gasteiger partial charge in [0, 0.05) is 6.42 Å². The molecule has 0 fully saturated rings. The maximum absolute atomic E-state index is 10.8. The molecular weight excluding hydrogens is 158 g/mol. The number of ether oxygens (including phenoxy) is 1. The van der Waals surface area contributed by atoms with E-state index in [2.05, 4.69) is 5.32 Å². The van der Waals surface area contributed by atoms with Crippen LogP contribution in [0.25, 0.3) is 0 Å². The zero-order valence-corrected chi connectivity index (χ0v) is 7.67. The van der Waals surface area contributed by atoms with Crippen LogP contribution < -0.4 is 5.32 Å². The summed E-state index contributed by atoms with van der Waals surface area (Å²) in [7, 11) is 0. The molecule has 0 aliphatic heterocycles. The Bertz CT molecular complexity index is 125. The Labute approximate surface area is 72.9 Å². The Balaban J connectivity index is 3.14. The van der Waals surface area contributed by atoms with Crippen LogP contribution in [0.2, 0.25) is 0 Å². The topological polar surface area (TPSA) is 58.6 Å². The van der Waals surface area contributed by atoms with Crippen LogP contribution in [0.4, 0.5) is 0 Å². The number of nitrogens with one attached hydrogen (secondary N) is 1. The fourth-order valence-electron chi connectivity index (χ4n) is 0.777. The Morgan fingerprint density at radius 1 is 1.67 bits per heavy atom. The lowest BCUT2D eigenvalue weighted by Gasteiger charge is -2.06. The van der Waals surface area contributed by atoms with E-state index in [0.29, 0.717) is 26.0 Å². The molecule has 0 aromatic carbocycles. The number of esters is 1. The van der Waals surface area contributed by atoms with Gasteiger partial charge in [0.15, 0.2) is 0 Å². The zero-order valence-electron chi connectivity index (χ0n) is 7.67. The molecule has 12 heavy (non-hydrogen) atoms. The minimum atomic E-state index is -0.507. The number of rotatable bonds is 6. The van der Waals surface area contributed by atoms with Crippen molar-refractivity contribution in [2.75, 3.05) is 13.2 Å². The number of carbonyl (C=O) groups excluding carboxylic acids is 1. The first kappa shape index (κ1) is 11.4. The van der Waals surface area contributed by atoms with Gasteiger partial charge in [-0.2, -0.15) is 0 Å². The molecule has 0 amide bonds. The average Bonchev–Trinajstić information content (AvgIpc) is 1.98. The molecule has 0 aliphatic rings. The number of hydrogen-bond donors (Lipinski definition) is 2. The maximum atomic E-state index is 10.8. The first-order chi connectivity index (χ1) is 5.66. The Morgan fingerprint density at radius 3 is 2.83 bits per heavy atom. The van der Waals surface area contributed by atoms with E-state index >= 15 is 0 Å². The quantitative estimate of drug-likeness (QED) is 0.345. The highest BCUT2D eigenvalue weighted by Crippen LogP contribution is 1.91. The molecule has 0 aromatic heterocycles. The van der Waals surface area contributed by atoms with Crippen molar-refractivity contribution in [1.29, 1.82) is 0 Å². The Morgan fingerprint density at radius 2 is 2.33 bits per heavy atom. The SMILES string of the molecule is CCOC(=O)CCCN[C@@H](C)O. The summed E-state index contributed by atoms with van der Waals surface area (Å²) >= 11 is 0. The molecule has 72 valence electrons. The summed E-state index contributed by atoms with van der Waals surface area (Å²) in [4.78, 5) is 10.8. The summed E-state index contributed by atoms with van der Waals surface area (Å²) in [6.07, 6.45) is 0.601. The molecule has 1 atom stereocenters. The van der Waals surface area contributed by atoms with E-state index in [1.807, 2.05) is 0 Å².